The van der Waals surface area contributed by atoms with Crippen molar-refractivity contribution in [1.82, 2.24) is 15.0 Å². The lowest BCUT2D eigenvalue weighted by Gasteiger charge is -2.31. The van der Waals surface area contributed by atoms with Gasteiger partial charge in [0.15, 0.2) is 5.52 Å². The number of rotatable bonds is 7. The molecule has 10 nitrogen and oxygen atoms in total. The normalized spacial score (nSPS) is 15.0. The van der Waals surface area contributed by atoms with Gasteiger partial charge in [-0.25, -0.2) is 9.71 Å². The third kappa shape index (κ3) is 6.06. The summed E-state index contributed by atoms with van der Waals surface area (Å²) in [7, 11) is 0. The SMILES string of the molecule is O=C(CCNc1n[n+]([O-])c2cc(Br)ccc2[n+]1[O-])OC1CCN(Cc2ccnc(Br)c2)CC1. The van der Waals surface area contributed by atoms with Crippen molar-refractivity contribution in [2.45, 2.75) is 31.9 Å². The molecular weight excluding hydrogens is 560 g/mol. The van der Waals surface area contributed by atoms with Gasteiger partial charge in [-0.05, 0) is 58.6 Å². The average Bonchev–Trinajstić information content (AvgIpc) is 2.78. The fraction of sp³-hybridized carbons (Fsp3) is 0.381. The van der Waals surface area contributed by atoms with Crippen LogP contribution >= 0.6 is 31.9 Å². The van der Waals surface area contributed by atoms with Gasteiger partial charge in [-0.1, -0.05) is 15.9 Å². The molecule has 2 aromatic heterocycles. The number of piperidine rings is 1. The van der Waals surface area contributed by atoms with Crippen molar-refractivity contribution in [2.75, 3.05) is 25.0 Å². The van der Waals surface area contributed by atoms with Gasteiger partial charge in [0.2, 0.25) is 5.10 Å². The van der Waals surface area contributed by atoms with E-state index in [-0.39, 0.29) is 42.0 Å². The van der Waals surface area contributed by atoms with Gasteiger partial charge in [0.25, 0.3) is 0 Å². The molecule has 0 radical (unpaired) electrons. The third-order valence-corrected chi connectivity index (χ3v) is 6.31. The molecule has 1 saturated heterocycles. The number of anilines is 1. The fourth-order valence-electron chi connectivity index (χ4n) is 3.73. The molecule has 0 spiro atoms. The first-order chi connectivity index (χ1) is 15.9. The number of nitrogens with one attached hydrogen (secondary N) is 1. The fourth-order valence-corrected chi connectivity index (χ4v) is 4.49. The monoisotopic (exact) mass is 580 g/mol. The minimum atomic E-state index is -0.351. The predicted molar refractivity (Wildman–Crippen MR) is 127 cm³/mol. The lowest BCUT2D eigenvalue weighted by Crippen LogP contribution is -2.44. The van der Waals surface area contributed by atoms with E-state index in [1.54, 1.807) is 12.3 Å². The molecule has 1 fully saturated rings. The molecule has 0 unspecified atom stereocenters. The summed E-state index contributed by atoms with van der Waals surface area (Å²) >= 11 is 6.65. The van der Waals surface area contributed by atoms with Crippen molar-refractivity contribution in [3.8, 4) is 0 Å². The van der Waals surface area contributed by atoms with Crippen molar-refractivity contribution >= 4 is 54.8 Å². The average molecular weight is 582 g/mol. The number of pyridine rings is 1. The van der Waals surface area contributed by atoms with E-state index < -0.39 is 0 Å². The second-order valence-corrected chi connectivity index (χ2v) is 9.48. The lowest BCUT2D eigenvalue weighted by molar-refractivity contribution is -0.672. The zero-order valence-corrected chi connectivity index (χ0v) is 20.8. The number of hydrogen-bond donors (Lipinski definition) is 1. The van der Waals surface area contributed by atoms with E-state index >= 15 is 0 Å². The van der Waals surface area contributed by atoms with Crippen molar-refractivity contribution in [1.29, 1.82) is 0 Å². The van der Waals surface area contributed by atoms with Crippen molar-refractivity contribution < 1.29 is 19.1 Å². The molecule has 0 amide bonds. The molecule has 0 bridgehead atoms. The van der Waals surface area contributed by atoms with E-state index in [1.807, 2.05) is 12.1 Å². The Morgan fingerprint density at radius 1 is 1.18 bits per heavy atom. The molecule has 4 rings (SSSR count). The number of carbonyl (C=O) groups excluding carboxylic acids is 1. The van der Waals surface area contributed by atoms with Crippen LogP contribution in [0.15, 0.2) is 45.6 Å². The van der Waals surface area contributed by atoms with E-state index in [2.05, 4.69) is 52.2 Å². The zero-order valence-electron chi connectivity index (χ0n) is 17.6. The summed E-state index contributed by atoms with van der Waals surface area (Å²) in [5, 5.41) is 31.0. The summed E-state index contributed by atoms with van der Waals surface area (Å²) in [6.45, 7) is 2.64. The summed E-state index contributed by atoms with van der Waals surface area (Å²) < 4.78 is 7.61. The molecule has 12 heteroatoms. The number of benzene rings is 1. The van der Waals surface area contributed by atoms with Crippen LogP contribution in [0.4, 0.5) is 5.95 Å². The van der Waals surface area contributed by atoms with E-state index in [0.717, 1.165) is 37.1 Å². The molecule has 3 heterocycles. The predicted octanol–water partition coefficient (Wildman–Crippen LogP) is 2.43. The second-order valence-electron chi connectivity index (χ2n) is 7.75. The maximum atomic E-state index is 12.5. The van der Waals surface area contributed by atoms with Crippen LogP contribution in [0.5, 0.6) is 0 Å². The van der Waals surface area contributed by atoms with Gasteiger partial charge in [-0.15, -0.1) is 0 Å². The Kier molecular flexibility index (Phi) is 7.56. The van der Waals surface area contributed by atoms with Gasteiger partial charge < -0.3 is 15.2 Å². The van der Waals surface area contributed by atoms with E-state index in [9.17, 15) is 15.2 Å². The molecule has 1 aliphatic rings. The van der Waals surface area contributed by atoms with Crippen LogP contribution in [0.2, 0.25) is 0 Å². The van der Waals surface area contributed by atoms with Crippen LogP contribution in [0.25, 0.3) is 11.0 Å². The standard InChI is InChI=1S/C21H22Br2N6O4/c22-15-1-2-17-18(12-15)29(32)26-21(28(17)31)25-8-4-20(30)33-16-5-9-27(10-6-16)13-14-3-7-24-19(23)11-14/h1-3,7,11-12,16H,4-6,8-10,13H2,(H,25,26). The first-order valence-electron chi connectivity index (χ1n) is 10.5. The maximum Gasteiger partial charge on any atom is 0.460 e. The highest BCUT2D eigenvalue weighted by molar-refractivity contribution is 9.10. The lowest BCUT2D eigenvalue weighted by atomic mass is 10.1. The molecule has 0 atom stereocenters. The molecule has 0 aliphatic carbocycles. The molecule has 1 aliphatic heterocycles. The molecular formula is C21H22Br2N6O4. The Balaban J connectivity index is 1.23. The zero-order chi connectivity index (χ0) is 23.4. The molecule has 0 saturated carbocycles. The number of ether oxygens (including phenoxy) is 1. The molecule has 3 aromatic rings. The smallest absolute Gasteiger partial charge is 0.460 e. The molecule has 1 aromatic carbocycles. The Labute approximate surface area is 207 Å². The highest BCUT2D eigenvalue weighted by Gasteiger charge is 2.24. The van der Waals surface area contributed by atoms with Crippen LogP contribution in [-0.2, 0) is 16.1 Å². The van der Waals surface area contributed by atoms with E-state index in [1.165, 1.54) is 17.7 Å². The van der Waals surface area contributed by atoms with Gasteiger partial charge in [-0.2, -0.15) is 0 Å². The summed E-state index contributed by atoms with van der Waals surface area (Å²) in [6.07, 6.45) is 3.25. The van der Waals surface area contributed by atoms with Crippen LogP contribution in [0, 0.1) is 10.4 Å². The first-order valence-corrected chi connectivity index (χ1v) is 12.1. The van der Waals surface area contributed by atoms with E-state index in [4.69, 9.17) is 4.74 Å². The topological polar surface area (TPSA) is 121 Å². The van der Waals surface area contributed by atoms with Crippen LogP contribution in [0.3, 0.4) is 0 Å². The van der Waals surface area contributed by atoms with Gasteiger partial charge >= 0.3 is 17.4 Å². The third-order valence-electron chi connectivity index (χ3n) is 5.38. The Morgan fingerprint density at radius 2 is 1.97 bits per heavy atom. The number of carbonyl (C=O) groups is 1. The minimum absolute atomic E-state index is 0.0597. The summed E-state index contributed by atoms with van der Waals surface area (Å²) in [6, 6.07) is 8.71. The van der Waals surface area contributed by atoms with E-state index in [0.29, 0.717) is 14.0 Å². The Morgan fingerprint density at radius 3 is 2.73 bits per heavy atom. The van der Waals surface area contributed by atoms with Crippen molar-refractivity contribution in [2.24, 2.45) is 0 Å². The van der Waals surface area contributed by atoms with Crippen LogP contribution in [-0.4, -0.2) is 46.7 Å². The molecule has 174 valence electrons. The number of fused-ring (bicyclic) bond motifs is 1. The quantitative estimate of drug-likeness (QED) is 0.195. The number of hydrogen-bond acceptors (Lipinski definition) is 8. The van der Waals surface area contributed by atoms with Crippen LogP contribution in [0.1, 0.15) is 24.8 Å². The van der Waals surface area contributed by atoms with Gasteiger partial charge in [0.1, 0.15) is 10.7 Å². The maximum absolute atomic E-state index is 12.5. The highest BCUT2D eigenvalue weighted by Crippen LogP contribution is 2.18. The van der Waals surface area contributed by atoms with Gasteiger partial charge in [0, 0.05) is 41.2 Å². The number of nitrogens with zero attached hydrogens (tertiary/aromatic N) is 5. The number of halogens is 2. The first kappa shape index (κ1) is 23.6. The number of esters is 1. The molecule has 33 heavy (non-hydrogen) atoms. The Hall–Kier alpha value is -2.57. The number of aromatic nitrogens is 4. The number of likely N-dealkylation sites (tertiary alicyclic amines) is 1. The van der Waals surface area contributed by atoms with Gasteiger partial charge in [-0.3, -0.25) is 15.0 Å². The van der Waals surface area contributed by atoms with Crippen molar-refractivity contribution in [3.63, 3.8) is 0 Å². The minimum Gasteiger partial charge on any atom is -0.739 e. The summed E-state index contributed by atoms with van der Waals surface area (Å²) in [5.41, 5.74) is 1.51. The largest absolute Gasteiger partial charge is 0.739 e. The highest BCUT2D eigenvalue weighted by atomic mass is 79.9. The molecule has 1 N–H and O–H groups in total. The van der Waals surface area contributed by atoms with Gasteiger partial charge in [0.05, 0.1) is 13.0 Å². The second kappa shape index (κ2) is 10.6. The van der Waals surface area contributed by atoms with Crippen LogP contribution < -0.4 is 14.9 Å². The van der Waals surface area contributed by atoms with Crippen molar-refractivity contribution in [3.05, 3.63) is 61.6 Å². The summed E-state index contributed by atoms with van der Waals surface area (Å²) in [4.78, 5) is 19.1. The summed E-state index contributed by atoms with van der Waals surface area (Å²) in [5.74, 6) is -0.514. The Bertz CT molecular complexity index is 1160.